The summed E-state index contributed by atoms with van der Waals surface area (Å²) in [7, 11) is 3.18. The number of amides is 2. The van der Waals surface area contributed by atoms with Gasteiger partial charge in [0.15, 0.2) is 6.61 Å². The van der Waals surface area contributed by atoms with E-state index >= 15 is 0 Å². The quantitative estimate of drug-likeness (QED) is 0.620. The van der Waals surface area contributed by atoms with Crippen LogP contribution in [0.2, 0.25) is 0 Å². The Hall–Kier alpha value is -2.02. The molecule has 2 amide bonds. The number of likely N-dealkylation sites (N-methyl/N-ethyl adjacent to an activating group) is 1. The standard InChI is InChI=1S/C14H18N2O4S/c1-16(2)13(18)8-15-12(17)9-20-14(19)10-6-4-5-7-11(10)21-3/h4-7H,8-9H2,1-3H3,(H,15,17). The lowest BCUT2D eigenvalue weighted by Crippen LogP contribution is -2.38. The van der Waals surface area contributed by atoms with Gasteiger partial charge in [-0.2, -0.15) is 0 Å². The van der Waals surface area contributed by atoms with Gasteiger partial charge in [0.25, 0.3) is 5.91 Å². The third kappa shape index (κ3) is 5.47. The van der Waals surface area contributed by atoms with E-state index in [1.165, 1.54) is 16.7 Å². The predicted octanol–water partition coefficient (Wildman–Crippen LogP) is 0.770. The molecule has 0 unspecified atom stereocenters. The molecule has 0 saturated carbocycles. The zero-order valence-electron chi connectivity index (χ0n) is 12.2. The fourth-order valence-electron chi connectivity index (χ4n) is 1.41. The molecule has 0 radical (unpaired) electrons. The van der Waals surface area contributed by atoms with Gasteiger partial charge in [0.1, 0.15) is 0 Å². The second-order valence-electron chi connectivity index (χ2n) is 4.34. The van der Waals surface area contributed by atoms with Gasteiger partial charge in [0.2, 0.25) is 5.91 Å². The number of carbonyl (C=O) groups is 3. The smallest absolute Gasteiger partial charge is 0.339 e. The summed E-state index contributed by atoms with van der Waals surface area (Å²) < 4.78 is 4.94. The highest BCUT2D eigenvalue weighted by Crippen LogP contribution is 2.20. The van der Waals surface area contributed by atoms with Crippen molar-refractivity contribution >= 4 is 29.5 Å². The molecule has 0 aliphatic carbocycles. The average Bonchev–Trinajstić information content (AvgIpc) is 2.49. The fraction of sp³-hybridized carbons (Fsp3) is 0.357. The molecule has 7 heteroatoms. The van der Waals surface area contributed by atoms with Gasteiger partial charge in [-0.05, 0) is 18.4 Å². The summed E-state index contributed by atoms with van der Waals surface area (Å²) in [6.07, 6.45) is 1.85. The predicted molar refractivity (Wildman–Crippen MR) is 80.2 cm³/mol. The molecule has 1 rings (SSSR count). The zero-order chi connectivity index (χ0) is 15.8. The molecule has 1 N–H and O–H groups in total. The maximum absolute atomic E-state index is 11.9. The monoisotopic (exact) mass is 310 g/mol. The molecule has 0 bridgehead atoms. The Balaban J connectivity index is 2.46. The van der Waals surface area contributed by atoms with Crippen LogP contribution in [0.4, 0.5) is 0 Å². The minimum absolute atomic E-state index is 0.120. The van der Waals surface area contributed by atoms with Crippen molar-refractivity contribution < 1.29 is 19.1 Å². The summed E-state index contributed by atoms with van der Waals surface area (Å²) in [6, 6.07) is 6.99. The summed E-state index contributed by atoms with van der Waals surface area (Å²) in [5.41, 5.74) is 0.419. The second-order valence-corrected chi connectivity index (χ2v) is 5.19. The van der Waals surface area contributed by atoms with Crippen LogP contribution in [-0.2, 0) is 14.3 Å². The first-order valence-electron chi connectivity index (χ1n) is 6.22. The summed E-state index contributed by atoms with van der Waals surface area (Å²) in [5, 5.41) is 2.39. The van der Waals surface area contributed by atoms with Gasteiger partial charge in [-0.25, -0.2) is 4.79 Å². The Morgan fingerprint density at radius 2 is 1.90 bits per heavy atom. The zero-order valence-corrected chi connectivity index (χ0v) is 13.0. The molecule has 0 aliphatic heterocycles. The summed E-state index contributed by atoms with van der Waals surface area (Å²) >= 11 is 1.42. The van der Waals surface area contributed by atoms with Crippen LogP contribution >= 0.6 is 11.8 Å². The van der Waals surface area contributed by atoms with Crippen LogP contribution in [-0.4, -0.2) is 56.2 Å². The van der Waals surface area contributed by atoms with Crippen LogP contribution in [0.5, 0.6) is 0 Å². The Labute approximate surface area is 127 Å². The summed E-state index contributed by atoms with van der Waals surface area (Å²) in [6.45, 7) is -0.535. The molecule has 0 spiro atoms. The van der Waals surface area contributed by atoms with Crippen molar-refractivity contribution in [1.82, 2.24) is 10.2 Å². The van der Waals surface area contributed by atoms with E-state index in [1.54, 1.807) is 32.3 Å². The molecule has 6 nitrogen and oxygen atoms in total. The molecule has 0 fully saturated rings. The first kappa shape index (κ1) is 17.0. The van der Waals surface area contributed by atoms with Gasteiger partial charge in [-0.15, -0.1) is 11.8 Å². The first-order valence-corrected chi connectivity index (χ1v) is 7.45. The summed E-state index contributed by atoms with van der Waals surface area (Å²) in [5.74, 6) is -1.31. The molecule has 1 aromatic rings. The number of rotatable bonds is 6. The lowest BCUT2D eigenvalue weighted by atomic mass is 10.2. The van der Waals surface area contributed by atoms with E-state index in [1.807, 2.05) is 12.3 Å². The number of esters is 1. The first-order chi connectivity index (χ1) is 9.95. The van der Waals surface area contributed by atoms with Gasteiger partial charge < -0.3 is 15.0 Å². The Bertz CT molecular complexity index is 531. The molecule has 0 heterocycles. The average molecular weight is 310 g/mol. The van der Waals surface area contributed by atoms with Crippen LogP contribution in [0.3, 0.4) is 0 Å². The SMILES string of the molecule is CSc1ccccc1C(=O)OCC(=O)NCC(=O)N(C)C. The van der Waals surface area contributed by atoms with Crippen LogP contribution in [0.1, 0.15) is 10.4 Å². The van der Waals surface area contributed by atoms with Crippen LogP contribution < -0.4 is 5.32 Å². The molecule has 0 aliphatic rings. The van der Waals surface area contributed by atoms with Crippen LogP contribution in [0.25, 0.3) is 0 Å². The highest BCUT2D eigenvalue weighted by molar-refractivity contribution is 7.98. The highest BCUT2D eigenvalue weighted by Gasteiger charge is 2.14. The number of hydrogen-bond acceptors (Lipinski definition) is 5. The second kappa shape index (κ2) is 8.31. The highest BCUT2D eigenvalue weighted by atomic mass is 32.2. The Kier molecular flexibility index (Phi) is 6.74. The van der Waals surface area contributed by atoms with Gasteiger partial charge in [-0.1, -0.05) is 12.1 Å². The molecular formula is C14H18N2O4S. The van der Waals surface area contributed by atoms with Gasteiger partial charge >= 0.3 is 5.97 Å². The number of benzene rings is 1. The maximum Gasteiger partial charge on any atom is 0.339 e. The molecule has 1 aromatic carbocycles. The van der Waals surface area contributed by atoms with E-state index in [0.29, 0.717) is 5.56 Å². The molecular weight excluding hydrogens is 292 g/mol. The number of nitrogens with one attached hydrogen (secondary N) is 1. The van der Waals surface area contributed by atoms with Gasteiger partial charge in [0.05, 0.1) is 12.1 Å². The normalized spacial score (nSPS) is 9.86. The third-order valence-electron chi connectivity index (χ3n) is 2.60. The van der Waals surface area contributed by atoms with E-state index in [0.717, 1.165) is 4.90 Å². The van der Waals surface area contributed by atoms with Crippen molar-refractivity contribution in [2.75, 3.05) is 33.5 Å². The lowest BCUT2D eigenvalue weighted by molar-refractivity contribution is -0.131. The third-order valence-corrected chi connectivity index (χ3v) is 3.39. The van der Waals surface area contributed by atoms with Gasteiger partial charge in [0, 0.05) is 19.0 Å². The van der Waals surface area contributed by atoms with E-state index in [4.69, 9.17) is 4.74 Å². The van der Waals surface area contributed by atoms with Gasteiger partial charge in [-0.3, -0.25) is 9.59 Å². The van der Waals surface area contributed by atoms with Crippen molar-refractivity contribution in [3.8, 4) is 0 Å². The summed E-state index contributed by atoms with van der Waals surface area (Å²) in [4.78, 5) is 36.8. The van der Waals surface area contributed by atoms with Crippen LogP contribution in [0, 0.1) is 0 Å². The fourth-order valence-corrected chi connectivity index (χ4v) is 1.99. The molecule has 114 valence electrons. The van der Waals surface area contributed by atoms with Crippen LogP contribution in [0.15, 0.2) is 29.2 Å². The number of nitrogens with zero attached hydrogens (tertiary/aromatic N) is 1. The molecule has 21 heavy (non-hydrogen) atoms. The largest absolute Gasteiger partial charge is 0.452 e. The van der Waals surface area contributed by atoms with Crippen molar-refractivity contribution in [2.45, 2.75) is 4.90 Å². The molecule has 0 aromatic heterocycles. The topological polar surface area (TPSA) is 75.7 Å². The minimum atomic E-state index is -0.561. The molecule has 0 saturated heterocycles. The van der Waals surface area contributed by atoms with E-state index in [9.17, 15) is 14.4 Å². The number of hydrogen-bond donors (Lipinski definition) is 1. The Morgan fingerprint density at radius 1 is 1.24 bits per heavy atom. The molecule has 0 atom stereocenters. The van der Waals surface area contributed by atoms with Crippen molar-refractivity contribution in [2.24, 2.45) is 0 Å². The number of carbonyl (C=O) groups excluding carboxylic acids is 3. The van der Waals surface area contributed by atoms with E-state index in [2.05, 4.69) is 5.32 Å². The lowest BCUT2D eigenvalue weighted by Gasteiger charge is -2.11. The minimum Gasteiger partial charge on any atom is -0.452 e. The maximum atomic E-state index is 11.9. The van der Waals surface area contributed by atoms with E-state index < -0.39 is 18.5 Å². The number of thioether (sulfide) groups is 1. The van der Waals surface area contributed by atoms with Crippen molar-refractivity contribution in [3.63, 3.8) is 0 Å². The number of ether oxygens (including phenoxy) is 1. The van der Waals surface area contributed by atoms with E-state index in [-0.39, 0.29) is 12.5 Å². The Morgan fingerprint density at radius 3 is 2.52 bits per heavy atom. The van der Waals surface area contributed by atoms with Crippen molar-refractivity contribution in [3.05, 3.63) is 29.8 Å². The van der Waals surface area contributed by atoms with Crippen molar-refractivity contribution in [1.29, 1.82) is 0 Å².